The Hall–Kier alpha value is -0.870. The number of carbonyl (C=O) groups excluding carboxylic acids is 1. The van der Waals surface area contributed by atoms with Crippen molar-refractivity contribution in [2.45, 2.75) is 59.5 Å². The summed E-state index contributed by atoms with van der Waals surface area (Å²) in [4.78, 5) is 15.6. The second kappa shape index (κ2) is 9.14. The predicted octanol–water partition coefficient (Wildman–Crippen LogP) is 3.57. The number of nitrogens with zero attached hydrogens (tertiary/aromatic N) is 1. The molecule has 1 heterocycles. The minimum absolute atomic E-state index is 0.128. The molecule has 0 saturated heterocycles. The number of hydrogen-bond acceptors (Lipinski definition) is 3. The largest absolute Gasteiger partial charge is 0.350 e. The smallest absolute Gasteiger partial charge is 0.234 e. The Morgan fingerprint density at radius 3 is 2.70 bits per heavy atom. The van der Waals surface area contributed by atoms with E-state index >= 15 is 0 Å². The van der Waals surface area contributed by atoms with Crippen LogP contribution in [-0.4, -0.2) is 29.9 Å². The number of rotatable bonds is 9. The molecule has 114 valence electrons. The first kappa shape index (κ1) is 17.2. The Bertz CT molecular complexity index is 401. The van der Waals surface area contributed by atoms with Crippen LogP contribution in [0.4, 0.5) is 0 Å². The molecule has 4 heteroatoms. The zero-order valence-electron chi connectivity index (χ0n) is 13.2. The number of carbonyl (C=O) groups is 1. The average Bonchev–Trinajstić information content (AvgIpc) is 2.81. The molecule has 1 N–H and O–H groups in total. The van der Waals surface area contributed by atoms with Crippen LogP contribution in [0.1, 0.15) is 50.5 Å². The van der Waals surface area contributed by atoms with Gasteiger partial charge in [0.05, 0.1) is 13.1 Å². The molecular formula is C16H28N2OS. The summed E-state index contributed by atoms with van der Waals surface area (Å²) in [7, 11) is 0. The van der Waals surface area contributed by atoms with Crippen LogP contribution in [0.15, 0.2) is 11.4 Å². The molecule has 1 amide bonds. The Balaban J connectivity index is 2.36. The van der Waals surface area contributed by atoms with Gasteiger partial charge in [-0.05, 0) is 50.7 Å². The minimum atomic E-state index is 0.128. The number of thiophene rings is 1. The van der Waals surface area contributed by atoms with E-state index in [-0.39, 0.29) is 5.91 Å². The lowest BCUT2D eigenvalue weighted by molar-refractivity contribution is -0.122. The Labute approximate surface area is 127 Å². The van der Waals surface area contributed by atoms with Crippen molar-refractivity contribution < 1.29 is 4.79 Å². The van der Waals surface area contributed by atoms with Gasteiger partial charge < -0.3 is 5.32 Å². The molecular weight excluding hydrogens is 268 g/mol. The summed E-state index contributed by atoms with van der Waals surface area (Å²) in [5.74, 6) is 0.128. The number of amides is 1. The van der Waals surface area contributed by atoms with E-state index in [9.17, 15) is 4.79 Å². The average molecular weight is 296 g/mol. The summed E-state index contributed by atoms with van der Waals surface area (Å²) in [5, 5.41) is 5.10. The van der Waals surface area contributed by atoms with E-state index in [4.69, 9.17) is 0 Å². The van der Waals surface area contributed by atoms with Crippen LogP contribution in [0.2, 0.25) is 0 Å². The number of nitrogens with one attached hydrogen (secondary N) is 1. The van der Waals surface area contributed by atoms with Gasteiger partial charge in [0.15, 0.2) is 0 Å². The van der Waals surface area contributed by atoms with Crippen molar-refractivity contribution in [2.24, 2.45) is 0 Å². The molecule has 0 atom stereocenters. The quantitative estimate of drug-likeness (QED) is 0.707. The number of hydrogen-bond donors (Lipinski definition) is 1. The molecule has 0 aliphatic heterocycles. The molecule has 0 radical (unpaired) electrons. The van der Waals surface area contributed by atoms with E-state index in [1.807, 2.05) is 0 Å². The van der Waals surface area contributed by atoms with Crippen molar-refractivity contribution in [1.29, 1.82) is 0 Å². The highest BCUT2D eigenvalue weighted by Crippen LogP contribution is 2.14. The van der Waals surface area contributed by atoms with E-state index in [2.05, 4.69) is 49.4 Å². The van der Waals surface area contributed by atoms with Crippen LogP contribution in [0.25, 0.3) is 0 Å². The van der Waals surface area contributed by atoms with Gasteiger partial charge in [-0.2, -0.15) is 0 Å². The molecule has 3 nitrogen and oxygen atoms in total. The van der Waals surface area contributed by atoms with Crippen molar-refractivity contribution in [3.8, 4) is 0 Å². The third-order valence-electron chi connectivity index (χ3n) is 3.54. The van der Waals surface area contributed by atoms with Crippen LogP contribution in [0.3, 0.4) is 0 Å². The minimum Gasteiger partial charge on any atom is -0.350 e. The van der Waals surface area contributed by atoms with Crippen molar-refractivity contribution in [2.75, 3.05) is 13.1 Å². The summed E-state index contributed by atoms with van der Waals surface area (Å²) in [5.41, 5.74) is 1.26. The zero-order chi connectivity index (χ0) is 15.0. The van der Waals surface area contributed by atoms with Crippen LogP contribution >= 0.6 is 11.3 Å². The summed E-state index contributed by atoms with van der Waals surface area (Å²) in [6.45, 7) is 10.8. The van der Waals surface area contributed by atoms with Gasteiger partial charge in [-0.25, -0.2) is 0 Å². The molecule has 0 aromatic carbocycles. The van der Waals surface area contributed by atoms with Crippen LogP contribution in [0.5, 0.6) is 0 Å². The van der Waals surface area contributed by atoms with Gasteiger partial charge >= 0.3 is 0 Å². The first-order chi connectivity index (χ1) is 9.54. The second-order valence-corrected chi connectivity index (χ2v) is 6.58. The number of unbranched alkanes of at least 4 members (excludes halogenated alkanes) is 2. The lowest BCUT2D eigenvalue weighted by Gasteiger charge is -2.25. The normalized spacial score (nSPS) is 11.3. The van der Waals surface area contributed by atoms with Crippen LogP contribution in [0, 0.1) is 6.92 Å². The standard InChI is InChI=1S/C16H28N2OS/c1-5-6-7-9-18(13(2)3)12-16(19)17-11-15-14(4)8-10-20-15/h8,10,13H,5-7,9,11-12H2,1-4H3,(H,17,19). The molecule has 0 aliphatic rings. The van der Waals surface area contributed by atoms with Gasteiger partial charge in [0.1, 0.15) is 0 Å². The fourth-order valence-electron chi connectivity index (χ4n) is 2.09. The van der Waals surface area contributed by atoms with Gasteiger partial charge in [0.25, 0.3) is 0 Å². The monoisotopic (exact) mass is 296 g/mol. The molecule has 1 aromatic rings. The predicted molar refractivity (Wildman–Crippen MR) is 87.1 cm³/mol. The first-order valence-corrected chi connectivity index (χ1v) is 8.46. The second-order valence-electron chi connectivity index (χ2n) is 5.57. The summed E-state index contributed by atoms with van der Waals surface area (Å²) < 4.78 is 0. The maximum absolute atomic E-state index is 12.0. The maximum atomic E-state index is 12.0. The topological polar surface area (TPSA) is 32.3 Å². The fraction of sp³-hybridized carbons (Fsp3) is 0.688. The summed E-state index contributed by atoms with van der Waals surface area (Å²) >= 11 is 1.71. The fourth-order valence-corrected chi connectivity index (χ4v) is 2.94. The van der Waals surface area contributed by atoms with E-state index in [1.54, 1.807) is 11.3 Å². The van der Waals surface area contributed by atoms with E-state index in [0.717, 1.165) is 6.54 Å². The molecule has 0 aliphatic carbocycles. The molecule has 0 saturated carbocycles. The highest BCUT2D eigenvalue weighted by Gasteiger charge is 2.13. The Kier molecular flexibility index (Phi) is 7.85. The van der Waals surface area contributed by atoms with E-state index < -0.39 is 0 Å². The molecule has 1 aromatic heterocycles. The van der Waals surface area contributed by atoms with Gasteiger partial charge in [-0.1, -0.05) is 19.8 Å². The first-order valence-electron chi connectivity index (χ1n) is 7.58. The lowest BCUT2D eigenvalue weighted by Crippen LogP contribution is -2.41. The van der Waals surface area contributed by atoms with Crippen LogP contribution in [-0.2, 0) is 11.3 Å². The van der Waals surface area contributed by atoms with E-state index in [1.165, 1.54) is 29.7 Å². The molecule has 0 unspecified atom stereocenters. The lowest BCUT2D eigenvalue weighted by atomic mass is 10.2. The SMILES string of the molecule is CCCCCN(CC(=O)NCc1sccc1C)C(C)C. The van der Waals surface area contributed by atoms with Gasteiger partial charge in [-0.15, -0.1) is 11.3 Å². The van der Waals surface area contributed by atoms with E-state index in [0.29, 0.717) is 19.1 Å². The summed E-state index contributed by atoms with van der Waals surface area (Å²) in [6.07, 6.45) is 3.63. The number of aryl methyl sites for hydroxylation is 1. The summed E-state index contributed by atoms with van der Waals surface area (Å²) in [6, 6.07) is 2.51. The van der Waals surface area contributed by atoms with Gasteiger partial charge in [-0.3, -0.25) is 9.69 Å². The Morgan fingerprint density at radius 2 is 2.15 bits per heavy atom. The van der Waals surface area contributed by atoms with Crippen LogP contribution < -0.4 is 5.32 Å². The zero-order valence-corrected chi connectivity index (χ0v) is 14.1. The molecule has 0 fully saturated rings. The molecule has 20 heavy (non-hydrogen) atoms. The van der Waals surface area contributed by atoms with Gasteiger partial charge in [0.2, 0.25) is 5.91 Å². The molecule has 0 bridgehead atoms. The van der Waals surface area contributed by atoms with Crippen molar-refractivity contribution in [1.82, 2.24) is 10.2 Å². The molecule has 1 rings (SSSR count). The third kappa shape index (κ3) is 6.06. The van der Waals surface area contributed by atoms with Crippen molar-refractivity contribution >= 4 is 17.2 Å². The highest BCUT2D eigenvalue weighted by molar-refractivity contribution is 7.10. The van der Waals surface area contributed by atoms with Crippen molar-refractivity contribution in [3.63, 3.8) is 0 Å². The van der Waals surface area contributed by atoms with Crippen molar-refractivity contribution in [3.05, 3.63) is 21.9 Å². The highest BCUT2D eigenvalue weighted by atomic mass is 32.1. The third-order valence-corrected chi connectivity index (χ3v) is 4.56. The maximum Gasteiger partial charge on any atom is 0.234 e. The molecule has 0 spiro atoms. The van der Waals surface area contributed by atoms with Gasteiger partial charge in [0, 0.05) is 10.9 Å². The Morgan fingerprint density at radius 1 is 1.40 bits per heavy atom.